The molecule has 1 aromatic carbocycles. The van der Waals surface area contributed by atoms with E-state index in [1.165, 1.54) is 0 Å². The van der Waals surface area contributed by atoms with Gasteiger partial charge in [-0.3, -0.25) is 4.79 Å². The lowest BCUT2D eigenvalue weighted by Gasteiger charge is -2.23. The average molecular weight is 284 g/mol. The summed E-state index contributed by atoms with van der Waals surface area (Å²) in [5, 5.41) is 0. The van der Waals surface area contributed by atoms with Crippen LogP contribution in [0.25, 0.3) is 0 Å². The van der Waals surface area contributed by atoms with Crippen molar-refractivity contribution < 1.29 is 14.3 Å². The Balaban J connectivity index is 2.17. The third-order valence-electron chi connectivity index (χ3n) is 2.92. The number of hydrogen-bond acceptors (Lipinski definition) is 3. The Bertz CT molecular complexity index is 444. The SMILES string of the molecule is CCCN(CCCl)C(=O)c1ccc2c(c1)OCCO2. The van der Waals surface area contributed by atoms with Crippen molar-refractivity contribution in [2.24, 2.45) is 0 Å². The highest BCUT2D eigenvalue weighted by Crippen LogP contribution is 2.31. The smallest absolute Gasteiger partial charge is 0.254 e. The van der Waals surface area contributed by atoms with Gasteiger partial charge in [-0.15, -0.1) is 11.6 Å². The van der Waals surface area contributed by atoms with E-state index in [-0.39, 0.29) is 5.91 Å². The summed E-state index contributed by atoms with van der Waals surface area (Å²) >= 11 is 5.74. The summed E-state index contributed by atoms with van der Waals surface area (Å²) in [6, 6.07) is 5.30. The molecule has 1 aliphatic heterocycles. The number of rotatable bonds is 5. The van der Waals surface area contributed by atoms with Crippen LogP contribution >= 0.6 is 11.6 Å². The summed E-state index contributed by atoms with van der Waals surface area (Å²) in [7, 11) is 0. The number of benzene rings is 1. The second-order valence-corrected chi connectivity index (χ2v) is 4.72. The van der Waals surface area contributed by atoms with Gasteiger partial charge < -0.3 is 14.4 Å². The van der Waals surface area contributed by atoms with Crippen LogP contribution in [0.3, 0.4) is 0 Å². The highest BCUT2D eigenvalue weighted by atomic mass is 35.5. The molecule has 0 radical (unpaired) electrons. The van der Waals surface area contributed by atoms with Crippen molar-refractivity contribution in [3.8, 4) is 11.5 Å². The zero-order chi connectivity index (χ0) is 13.7. The van der Waals surface area contributed by atoms with Crippen molar-refractivity contribution in [1.29, 1.82) is 0 Å². The van der Waals surface area contributed by atoms with Crippen LogP contribution in [-0.2, 0) is 0 Å². The fourth-order valence-corrected chi connectivity index (χ4v) is 2.25. The molecule has 0 saturated carbocycles. The summed E-state index contributed by atoms with van der Waals surface area (Å²) in [5.74, 6) is 1.76. The fourth-order valence-electron chi connectivity index (χ4n) is 2.05. The van der Waals surface area contributed by atoms with Gasteiger partial charge in [0.15, 0.2) is 11.5 Å². The van der Waals surface area contributed by atoms with E-state index in [2.05, 4.69) is 0 Å². The maximum atomic E-state index is 12.4. The number of fused-ring (bicyclic) bond motifs is 1. The Kier molecular flexibility index (Phi) is 4.91. The molecule has 1 aliphatic rings. The quantitative estimate of drug-likeness (QED) is 0.780. The molecule has 19 heavy (non-hydrogen) atoms. The maximum absolute atomic E-state index is 12.4. The van der Waals surface area contributed by atoms with Gasteiger partial charge in [0.05, 0.1) is 0 Å². The number of carbonyl (C=O) groups excluding carboxylic acids is 1. The molecule has 104 valence electrons. The Morgan fingerprint density at radius 2 is 2.00 bits per heavy atom. The molecule has 0 unspecified atom stereocenters. The summed E-state index contributed by atoms with van der Waals surface area (Å²) in [6.07, 6.45) is 0.910. The van der Waals surface area contributed by atoms with Crippen LogP contribution < -0.4 is 9.47 Å². The Morgan fingerprint density at radius 1 is 1.26 bits per heavy atom. The van der Waals surface area contributed by atoms with Crippen LogP contribution in [0.15, 0.2) is 18.2 Å². The van der Waals surface area contributed by atoms with Crippen molar-refractivity contribution >= 4 is 17.5 Å². The molecule has 0 fully saturated rings. The summed E-state index contributed by atoms with van der Waals surface area (Å²) in [4.78, 5) is 14.1. The van der Waals surface area contributed by atoms with E-state index in [0.29, 0.717) is 49.2 Å². The van der Waals surface area contributed by atoms with E-state index in [4.69, 9.17) is 21.1 Å². The molecule has 0 saturated heterocycles. The predicted molar refractivity (Wildman–Crippen MR) is 74.3 cm³/mol. The number of amides is 1. The highest BCUT2D eigenvalue weighted by molar-refractivity contribution is 6.18. The topological polar surface area (TPSA) is 38.8 Å². The number of hydrogen-bond donors (Lipinski definition) is 0. The zero-order valence-corrected chi connectivity index (χ0v) is 11.8. The van der Waals surface area contributed by atoms with E-state index in [1.807, 2.05) is 6.92 Å². The second-order valence-electron chi connectivity index (χ2n) is 4.34. The van der Waals surface area contributed by atoms with Crippen molar-refractivity contribution in [3.05, 3.63) is 23.8 Å². The normalized spacial score (nSPS) is 13.2. The Morgan fingerprint density at radius 3 is 2.68 bits per heavy atom. The standard InChI is InChI=1S/C14H18ClNO3/c1-2-6-16(7-5-15)14(17)11-3-4-12-13(10-11)19-9-8-18-12/h3-4,10H,2,5-9H2,1H3. The van der Waals surface area contributed by atoms with E-state index >= 15 is 0 Å². The number of carbonyl (C=O) groups is 1. The number of nitrogens with zero attached hydrogens (tertiary/aromatic N) is 1. The highest BCUT2D eigenvalue weighted by Gasteiger charge is 2.18. The van der Waals surface area contributed by atoms with Gasteiger partial charge in [0.2, 0.25) is 0 Å². The molecule has 1 amide bonds. The fraction of sp³-hybridized carbons (Fsp3) is 0.500. The predicted octanol–water partition coefficient (Wildman–Crippen LogP) is 2.55. The molecule has 0 bridgehead atoms. The van der Waals surface area contributed by atoms with E-state index < -0.39 is 0 Å². The molecule has 0 N–H and O–H groups in total. The molecular formula is C14H18ClNO3. The van der Waals surface area contributed by atoms with Crippen molar-refractivity contribution in [2.75, 3.05) is 32.2 Å². The van der Waals surface area contributed by atoms with Gasteiger partial charge in [0.25, 0.3) is 5.91 Å². The lowest BCUT2D eigenvalue weighted by atomic mass is 10.1. The van der Waals surface area contributed by atoms with Crippen LogP contribution in [0.1, 0.15) is 23.7 Å². The van der Waals surface area contributed by atoms with Gasteiger partial charge in [-0.1, -0.05) is 6.92 Å². The zero-order valence-electron chi connectivity index (χ0n) is 11.0. The largest absolute Gasteiger partial charge is 0.486 e. The van der Waals surface area contributed by atoms with Crippen LogP contribution in [-0.4, -0.2) is 43.0 Å². The molecule has 5 heteroatoms. The molecular weight excluding hydrogens is 266 g/mol. The van der Waals surface area contributed by atoms with Gasteiger partial charge in [-0.05, 0) is 24.6 Å². The van der Waals surface area contributed by atoms with Gasteiger partial charge in [-0.25, -0.2) is 0 Å². The van der Waals surface area contributed by atoms with Crippen LogP contribution in [0.4, 0.5) is 0 Å². The van der Waals surface area contributed by atoms with Gasteiger partial charge in [0, 0.05) is 24.5 Å². The van der Waals surface area contributed by atoms with Crippen LogP contribution in [0.5, 0.6) is 11.5 Å². The lowest BCUT2D eigenvalue weighted by molar-refractivity contribution is 0.0764. The molecule has 4 nitrogen and oxygen atoms in total. The van der Waals surface area contributed by atoms with Crippen molar-refractivity contribution in [1.82, 2.24) is 4.90 Å². The number of ether oxygens (including phenoxy) is 2. The van der Waals surface area contributed by atoms with Gasteiger partial charge in [0.1, 0.15) is 13.2 Å². The third kappa shape index (κ3) is 3.32. The van der Waals surface area contributed by atoms with E-state index in [9.17, 15) is 4.79 Å². The maximum Gasteiger partial charge on any atom is 0.254 e. The first kappa shape index (κ1) is 14.0. The Hall–Kier alpha value is -1.42. The van der Waals surface area contributed by atoms with Crippen molar-refractivity contribution in [2.45, 2.75) is 13.3 Å². The first-order valence-corrected chi connectivity index (χ1v) is 7.04. The average Bonchev–Trinajstić information content (AvgIpc) is 2.46. The summed E-state index contributed by atoms with van der Waals surface area (Å²) < 4.78 is 10.9. The minimum absolute atomic E-state index is 0.0144. The first-order valence-electron chi connectivity index (χ1n) is 6.51. The van der Waals surface area contributed by atoms with Crippen molar-refractivity contribution in [3.63, 3.8) is 0 Å². The van der Waals surface area contributed by atoms with Gasteiger partial charge in [-0.2, -0.15) is 0 Å². The Labute approximate surface area is 118 Å². The monoisotopic (exact) mass is 283 g/mol. The molecule has 2 rings (SSSR count). The summed E-state index contributed by atoms with van der Waals surface area (Å²) in [6.45, 7) is 4.38. The van der Waals surface area contributed by atoms with E-state index in [1.54, 1.807) is 23.1 Å². The van der Waals surface area contributed by atoms with Gasteiger partial charge >= 0.3 is 0 Å². The van der Waals surface area contributed by atoms with E-state index in [0.717, 1.165) is 6.42 Å². The molecule has 0 aliphatic carbocycles. The summed E-state index contributed by atoms with van der Waals surface area (Å²) in [5.41, 5.74) is 0.614. The molecule has 0 aromatic heterocycles. The molecule has 0 atom stereocenters. The second kappa shape index (κ2) is 6.66. The lowest BCUT2D eigenvalue weighted by Crippen LogP contribution is -2.33. The van der Waals surface area contributed by atoms with Crippen LogP contribution in [0.2, 0.25) is 0 Å². The van der Waals surface area contributed by atoms with Crippen LogP contribution in [0, 0.1) is 0 Å². The number of halogens is 1. The molecule has 1 heterocycles. The minimum Gasteiger partial charge on any atom is -0.486 e. The minimum atomic E-state index is -0.0144. The first-order chi connectivity index (χ1) is 9.26. The number of alkyl halides is 1. The third-order valence-corrected chi connectivity index (χ3v) is 3.09. The molecule has 0 spiro atoms. The molecule has 1 aromatic rings.